The van der Waals surface area contributed by atoms with Gasteiger partial charge in [0.15, 0.2) is 11.5 Å². The number of pyridine rings is 1. The molecule has 0 saturated carbocycles. The van der Waals surface area contributed by atoms with Gasteiger partial charge in [-0.3, -0.25) is 14.2 Å². The number of carbonyl (C=O) groups excluding carboxylic acids is 1. The molecule has 1 aromatic carbocycles. The number of carbonyl (C=O) groups is 1. The summed E-state index contributed by atoms with van der Waals surface area (Å²) in [6.07, 6.45) is 3.96. The van der Waals surface area contributed by atoms with Gasteiger partial charge in [-0.1, -0.05) is 37.3 Å². The molecule has 0 bridgehead atoms. The van der Waals surface area contributed by atoms with Gasteiger partial charge in [0.25, 0.3) is 5.56 Å². The van der Waals surface area contributed by atoms with Crippen LogP contribution >= 0.6 is 0 Å². The lowest BCUT2D eigenvalue weighted by Crippen LogP contribution is -2.47. The topological polar surface area (TPSA) is 83.4 Å². The van der Waals surface area contributed by atoms with Crippen LogP contribution in [0.1, 0.15) is 31.7 Å². The zero-order chi connectivity index (χ0) is 24.1. The van der Waals surface area contributed by atoms with Gasteiger partial charge in [-0.25, -0.2) is 9.97 Å². The summed E-state index contributed by atoms with van der Waals surface area (Å²) in [4.78, 5) is 39.0. The summed E-state index contributed by atoms with van der Waals surface area (Å²) in [6, 6.07) is 14.2. The number of aromatic nitrogens is 3. The van der Waals surface area contributed by atoms with Crippen LogP contribution in [0.25, 0.3) is 11.2 Å². The van der Waals surface area contributed by atoms with Crippen molar-refractivity contribution in [3.05, 3.63) is 64.6 Å². The highest BCUT2D eigenvalue weighted by molar-refractivity contribution is 5.79. The largest absolute Gasteiger partial charge is 0.352 e. The second-order valence-corrected chi connectivity index (χ2v) is 9.20. The quantitative estimate of drug-likeness (QED) is 0.554. The zero-order valence-electron chi connectivity index (χ0n) is 20.3. The molecular formula is C26H34N6O2. The molecule has 1 saturated heterocycles. The van der Waals surface area contributed by atoms with Crippen LogP contribution in [-0.2, 0) is 18.4 Å². The predicted octanol–water partition coefficient (Wildman–Crippen LogP) is 2.57. The molecule has 1 atom stereocenters. The zero-order valence-corrected chi connectivity index (χ0v) is 20.3. The SMILES string of the molecule is CC[C@@H](CN(C)Cc1ccccc1)NC(=O)C1CCN(c2nc3cccnc3n(C)c2=O)CC1. The number of rotatable bonds is 8. The van der Waals surface area contributed by atoms with Crippen LogP contribution in [0.5, 0.6) is 0 Å². The number of fused-ring (bicyclic) bond motifs is 1. The standard InChI is InChI=1S/C26H34N6O2/c1-4-21(18-30(2)17-19-9-6-5-7-10-19)28-25(33)20-12-15-32(16-13-20)24-26(34)31(3)23-22(29-24)11-8-14-27-23/h5-11,14,20-21H,4,12-13,15-18H2,1-3H3,(H,28,33)/t21-/m0/s1. The summed E-state index contributed by atoms with van der Waals surface area (Å²) < 4.78 is 1.55. The number of benzene rings is 1. The van der Waals surface area contributed by atoms with Crippen molar-refractivity contribution in [2.75, 3.05) is 31.6 Å². The first-order valence-corrected chi connectivity index (χ1v) is 12.1. The number of anilines is 1. The second kappa shape index (κ2) is 10.8. The van der Waals surface area contributed by atoms with Crippen LogP contribution in [0.15, 0.2) is 53.5 Å². The third-order valence-corrected chi connectivity index (χ3v) is 6.64. The minimum absolute atomic E-state index is 0.0456. The van der Waals surface area contributed by atoms with Crippen molar-refractivity contribution in [2.45, 2.75) is 38.8 Å². The summed E-state index contributed by atoms with van der Waals surface area (Å²) >= 11 is 0. The first-order chi connectivity index (χ1) is 16.5. The molecule has 0 radical (unpaired) electrons. The highest BCUT2D eigenvalue weighted by Crippen LogP contribution is 2.21. The lowest BCUT2D eigenvalue weighted by molar-refractivity contribution is -0.126. The lowest BCUT2D eigenvalue weighted by Gasteiger charge is -2.33. The van der Waals surface area contributed by atoms with Gasteiger partial charge in [0.2, 0.25) is 5.91 Å². The third kappa shape index (κ3) is 5.44. The van der Waals surface area contributed by atoms with Crippen LogP contribution in [0.4, 0.5) is 5.82 Å². The Morgan fingerprint density at radius 1 is 1.18 bits per heavy atom. The van der Waals surface area contributed by atoms with Crippen molar-refractivity contribution in [3.63, 3.8) is 0 Å². The third-order valence-electron chi connectivity index (χ3n) is 6.64. The Labute approximate surface area is 200 Å². The Hall–Kier alpha value is -3.26. The van der Waals surface area contributed by atoms with Crippen LogP contribution < -0.4 is 15.8 Å². The van der Waals surface area contributed by atoms with Crippen molar-refractivity contribution < 1.29 is 4.79 Å². The number of amides is 1. The molecule has 1 fully saturated rings. The normalized spacial score (nSPS) is 15.6. The predicted molar refractivity (Wildman–Crippen MR) is 135 cm³/mol. The first kappa shape index (κ1) is 23.9. The highest BCUT2D eigenvalue weighted by atomic mass is 16.2. The Bertz CT molecular complexity index is 1170. The van der Waals surface area contributed by atoms with Crippen molar-refractivity contribution in [3.8, 4) is 0 Å². The number of nitrogens with one attached hydrogen (secondary N) is 1. The summed E-state index contributed by atoms with van der Waals surface area (Å²) in [5.74, 6) is 0.509. The molecule has 0 unspecified atom stereocenters. The van der Waals surface area contributed by atoms with E-state index >= 15 is 0 Å². The smallest absolute Gasteiger partial charge is 0.294 e. The monoisotopic (exact) mass is 462 g/mol. The molecule has 3 aromatic rings. The molecule has 4 rings (SSSR count). The van der Waals surface area contributed by atoms with Gasteiger partial charge in [-0.05, 0) is 44.0 Å². The van der Waals surface area contributed by atoms with Crippen LogP contribution in [0.3, 0.4) is 0 Å². The fourth-order valence-electron chi connectivity index (χ4n) is 4.63. The van der Waals surface area contributed by atoms with E-state index < -0.39 is 0 Å². The van der Waals surface area contributed by atoms with Crippen LogP contribution in [0.2, 0.25) is 0 Å². The number of piperidine rings is 1. The van der Waals surface area contributed by atoms with Gasteiger partial charge in [0, 0.05) is 51.4 Å². The van der Waals surface area contributed by atoms with E-state index in [0.717, 1.165) is 19.5 Å². The highest BCUT2D eigenvalue weighted by Gasteiger charge is 2.28. The fourth-order valence-corrected chi connectivity index (χ4v) is 4.63. The average Bonchev–Trinajstić information content (AvgIpc) is 2.86. The van der Waals surface area contributed by atoms with Crippen molar-refractivity contribution in [2.24, 2.45) is 13.0 Å². The van der Waals surface area contributed by atoms with Crippen molar-refractivity contribution in [1.82, 2.24) is 24.8 Å². The van der Waals surface area contributed by atoms with E-state index in [2.05, 4.69) is 58.4 Å². The molecule has 34 heavy (non-hydrogen) atoms. The first-order valence-electron chi connectivity index (χ1n) is 12.1. The van der Waals surface area contributed by atoms with E-state index in [4.69, 9.17) is 0 Å². The second-order valence-electron chi connectivity index (χ2n) is 9.20. The van der Waals surface area contributed by atoms with Crippen molar-refractivity contribution in [1.29, 1.82) is 0 Å². The Morgan fingerprint density at radius 2 is 1.91 bits per heavy atom. The number of nitrogens with zero attached hydrogens (tertiary/aromatic N) is 5. The minimum Gasteiger partial charge on any atom is -0.352 e. The Kier molecular flexibility index (Phi) is 7.57. The van der Waals surface area contributed by atoms with Gasteiger partial charge in [0.1, 0.15) is 5.52 Å². The molecule has 0 spiro atoms. The molecule has 1 N–H and O–H groups in total. The molecule has 2 aromatic heterocycles. The number of likely N-dealkylation sites (N-methyl/N-ethyl adjacent to an activating group) is 1. The van der Waals surface area contributed by atoms with E-state index in [1.165, 1.54) is 5.56 Å². The van der Waals surface area contributed by atoms with E-state index in [1.54, 1.807) is 17.8 Å². The number of aryl methyl sites for hydroxylation is 1. The van der Waals surface area contributed by atoms with Crippen molar-refractivity contribution >= 4 is 22.9 Å². The van der Waals surface area contributed by atoms with E-state index in [-0.39, 0.29) is 23.4 Å². The molecule has 180 valence electrons. The van der Waals surface area contributed by atoms with Gasteiger partial charge >= 0.3 is 0 Å². The molecule has 3 heterocycles. The van der Waals surface area contributed by atoms with E-state index in [1.807, 2.05) is 23.1 Å². The van der Waals surface area contributed by atoms with Gasteiger partial charge < -0.3 is 15.1 Å². The average molecular weight is 463 g/mol. The molecular weight excluding hydrogens is 428 g/mol. The number of hydrogen-bond donors (Lipinski definition) is 1. The van der Waals surface area contributed by atoms with E-state index in [9.17, 15) is 9.59 Å². The lowest BCUT2D eigenvalue weighted by atomic mass is 9.95. The summed E-state index contributed by atoms with van der Waals surface area (Å²) in [7, 11) is 3.82. The maximum atomic E-state index is 13.0. The summed E-state index contributed by atoms with van der Waals surface area (Å²) in [6.45, 7) is 5.05. The molecule has 8 nitrogen and oxygen atoms in total. The van der Waals surface area contributed by atoms with Crippen LogP contribution in [-0.4, -0.2) is 58.1 Å². The molecule has 1 aliphatic heterocycles. The molecule has 1 aliphatic rings. The Balaban J connectivity index is 1.33. The minimum atomic E-state index is -0.151. The molecule has 1 amide bonds. The maximum absolute atomic E-state index is 13.0. The summed E-state index contributed by atoms with van der Waals surface area (Å²) in [5.41, 5.74) is 2.39. The number of hydrogen-bond acceptors (Lipinski definition) is 6. The molecule has 8 heteroatoms. The molecule has 0 aliphatic carbocycles. The van der Waals surface area contributed by atoms with Gasteiger partial charge in [0.05, 0.1) is 0 Å². The van der Waals surface area contributed by atoms with Gasteiger partial charge in [-0.15, -0.1) is 0 Å². The van der Waals surface area contributed by atoms with Gasteiger partial charge in [-0.2, -0.15) is 0 Å². The maximum Gasteiger partial charge on any atom is 0.294 e. The Morgan fingerprint density at radius 3 is 2.62 bits per heavy atom. The summed E-state index contributed by atoms with van der Waals surface area (Å²) in [5, 5.41) is 3.26. The van der Waals surface area contributed by atoms with E-state index in [0.29, 0.717) is 42.9 Å². The fraction of sp³-hybridized carbons (Fsp3) is 0.462. The van der Waals surface area contributed by atoms with Crippen LogP contribution in [0, 0.1) is 5.92 Å².